The van der Waals surface area contributed by atoms with Crippen LogP contribution >= 0.6 is 0 Å². The average molecular weight is 668 g/mol. The highest BCUT2D eigenvalue weighted by Crippen LogP contribution is 2.51. The number of fused-ring (bicyclic) bond motifs is 11. The van der Waals surface area contributed by atoms with Crippen molar-refractivity contribution in [1.29, 1.82) is 0 Å². The zero-order valence-electron chi connectivity index (χ0n) is 28.9. The van der Waals surface area contributed by atoms with Gasteiger partial charge in [-0.3, -0.25) is 0 Å². The lowest BCUT2D eigenvalue weighted by Crippen LogP contribution is -2.15. The van der Waals surface area contributed by atoms with Gasteiger partial charge in [-0.1, -0.05) is 123 Å². The van der Waals surface area contributed by atoms with Crippen LogP contribution in [0.15, 0.2) is 173 Å². The molecule has 2 aromatic heterocycles. The Hall–Kier alpha value is -6.58. The molecule has 0 bridgehead atoms. The maximum Gasteiger partial charge on any atom is 0.159 e. The quantitative estimate of drug-likeness (QED) is 0.187. The SMILES string of the molecule is CC1(C)c2ccccc2-c2cc(N(c3cccc(-c4ccc5c(c4)oc4ccccc45)c3)c3cccc4c3oc3c5ccccc5ccc43)ccc21. The summed E-state index contributed by atoms with van der Waals surface area (Å²) in [5, 5.41) is 6.77. The van der Waals surface area contributed by atoms with Crippen LogP contribution in [-0.2, 0) is 5.41 Å². The van der Waals surface area contributed by atoms with Gasteiger partial charge in [-0.2, -0.15) is 0 Å². The highest BCUT2D eigenvalue weighted by atomic mass is 16.3. The Morgan fingerprint density at radius 1 is 0.423 bits per heavy atom. The van der Waals surface area contributed by atoms with Crippen LogP contribution in [0, 0.1) is 0 Å². The van der Waals surface area contributed by atoms with E-state index >= 15 is 0 Å². The number of anilines is 3. The number of benzene rings is 8. The van der Waals surface area contributed by atoms with Crippen molar-refractivity contribution < 1.29 is 8.83 Å². The Morgan fingerprint density at radius 2 is 1.12 bits per heavy atom. The second-order valence-corrected chi connectivity index (χ2v) is 14.5. The van der Waals surface area contributed by atoms with E-state index in [1.807, 2.05) is 12.1 Å². The molecule has 0 saturated carbocycles. The van der Waals surface area contributed by atoms with E-state index in [1.165, 1.54) is 27.6 Å². The Bertz CT molecular complexity index is 3070. The van der Waals surface area contributed by atoms with Gasteiger partial charge in [0.15, 0.2) is 5.58 Å². The lowest BCUT2D eigenvalue weighted by molar-refractivity contribution is 0.660. The minimum atomic E-state index is -0.0791. The van der Waals surface area contributed by atoms with E-state index in [2.05, 4.69) is 170 Å². The molecule has 3 heteroatoms. The van der Waals surface area contributed by atoms with E-state index in [9.17, 15) is 0 Å². The summed E-state index contributed by atoms with van der Waals surface area (Å²) in [5.41, 5.74) is 14.1. The van der Waals surface area contributed by atoms with Gasteiger partial charge in [0.25, 0.3) is 0 Å². The second kappa shape index (κ2) is 10.7. The van der Waals surface area contributed by atoms with E-state index < -0.39 is 0 Å². The van der Waals surface area contributed by atoms with Crippen molar-refractivity contribution in [2.45, 2.75) is 19.3 Å². The van der Waals surface area contributed by atoms with Crippen molar-refractivity contribution in [1.82, 2.24) is 0 Å². The first-order chi connectivity index (χ1) is 25.5. The van der Waals surface area contributed by atoms with Crippen LogP contribution in [0.4, 0.5) is 17.1 Å². The molecule has 0 aliphatic heterocycles. The summed E-state index contributed by atoms with van der Waals surface area (Å²) in [7, 11) is 0. The summed E-state index contributed by atoms with van der Waals surface area (Å²) in [5.74, 6) is 0. The van der Waals surface area contributed by atoms with Crippen molar-refractivity contribution in [2.75, 3.05) is 4.90 Å². The number of furan rings is 2. The first kappa shape index (κ1) is 29.2. The predicted molar refractivity (Wildman–Crippen MR) is 216 cm³/mol. The summed E-state index contributed by atoms with van der Waals surface area (Å²) in [6.45, 7) is 4.66. The Labute approximate surface area is 301 Å². The smallest absolute Gasteiger partial charge is 0.159 e. The molecule has 1 aliphatic rings. The third kappa shape index (κ3) is 4.14. The van der Waals surface area contributed by atoms with Crippen molar-refractivity contribution in [3.05, 3.63) is 175 Å². The fourth-order valence-corrected chi connectivity index (χ4v) is 8.69. The highest BCUT2D eigenvalue weighted by Gasteiger charge is 2.35. The van der Waals surface area contributed by atoms with Gasteiger partial charge in [0.05, 0.1) is 5.69 Å². The van der Waals surface area contributed by atoms with Gasteiger partial charge < -0.3 is 13.7 Å². The zero-order chi connectivity index (χ0) is 34.6. The van der Waals surface area contributed by atoms with E-state index in [0.29, 0.717) is 0 Å². The summed E-state index contributed by atoms with van der Waals surface area (Å²) in [6, 6.07) is 58.8. The van der Waals surface area contributed by atoms with Gasteiger partial charge in [-0.15, -0.1) is 0 Å². The van der Waals surface area contributed by atoms with Crippen molar-refractivity contribution in [3.8, 4) is 22.3 Å². The normalized spacial score (nSPS) is 13.3. The fourth-order valence-electron chi connectivity index (χ4n) is 8.69. The molecule has 0 saturated heterocycles. The molecule has 0 amide bonds. The number of hydrogen-bond acceptors (Lipinski definition) is 3. The van der Waals surface area contributed by atoms with Crippen LogP contribution in [0.2, 0.25) is 0 Å². The van der Waals surface area contributed by atoms with E-state index in [4.69, 9.17) is 8.83 Å². The van der Waals surface area contributed by atoms with Crippen LogP contribution in [-0.4, -0.2) is 0 Å². The summed E-state index contributed by atoms with van der Waals surface area (Å²) in [6.07, 6.45) is 0. The van der Waals surface area contributed by atoms with E-state index in [1.54, 1.807) is 0 Å². The Balaban J connectivity index is 1.14. The van der Waals surface area contributed by atoms with Crippen molar-refractivity contribution >= 4 is 71.7 Å². The molecule has 0 atom stereocenters. The Morgan fingerprint density at radius 3 is 2.06 bits per heavy atom. The highest BCUT2D eigenvalue weighted by molar-refractivity contribution is 6.17. The number of para-hydroxylation sites is 2. The topological polar surface area (TPSA) is 29.5 Å². The van der Waals surface area contributed by atoms with Crippen molar-refractivity contribution in [2.24, 2.45) is 0 Å². The molecule has 2 heterocycles. The van der Waals surface area contributed by atoms with Crippen LogP contribution in [0.3, 0.4) is 0 Å². The first-order valence-electron chi connectivity index (χ1n) is 17.9. The summed E-state index contributed by atoms with van der Waals surface area (Å²) in [4.78, 5) is 2.37. The molecule has 52 heavy (non-hydrogen) atoms. The molecule has 0 radical (unpaired) electrons. The second-order valence-electron chi connectivity index (χ2n) is 14.5. The van der Waals surface area contributed by atoms with Crippen LogP contribution in [0.25, 0.3) is 76.9 Å². The summed E-state index contributed by atoms with van der Waals surface area (Å²) < 4.78 is 13.2. The molecule has 0 fully saturated rings. The molecule has 0 spiro atoms. The number of hydrogen-bond donors (Lipinski definition) is 0. The fraction of sp³-hybridized carbons (Fsp3) is 0.0612. The molecule has 0 unspecified atom stereocenters. The van der Waals surface area contributed by atoms with Crippen LogP contribution in [0.1, 0.15) is 25.0 Å². The van der Waals surface area contributed by atoms with Crippen LogP contribution < -0.4 is 4.90 Å². The predicted octanol–water partition coefficient (Wildman–Crippen LogP) is 14.1. The minimum absolute atomic E-state index is 0.0791. The largest absolute Gasteiger partial charge is 0.456 e. The molecule has 10 aromatic rings. The molecule has 0 N–H and O–H groups in total. The molecule has 11 rings (SSSR count). The molecular weight excluding hydrogens is 635 g/mol. The molecule has 246 valence electrons. The summed E-state index contributed by atoms with van der Waals surface area (Å²) >= 11 is 0. The number of nitrogens with zero attached hydrogens (tertiary/aromatic N) is 1. The minimum Gasteiger partial charge on any atom is -0.456 e. The van der Waals surface area contributed by atoms with Gasteiger partial charge in [0, 0.05) is 43.7 Å². The van der Waals surface area contributed by atoms with Crippen molar-refractivity contribution in [3.63, 3.8) is 0 Å². The molecule has 1 aliphatic carbocycles. The van der Waals surface area contributed by atoms with Gasteiger partial charge in [-0.05, 0) is 93.4 Å². The first-order valence-corrected chi connectivity index (χ1v) is 17.9. The monoisotopic (exact) mass is 667 g/mol. The van der Waals surface area contributed by atoms with Gasteiger partial charge in [0.1, 0.15) is 16.7 Å². The molecule has 8 aromatic carbocycles. The molecule has 3 nitrogen and oxygen atoms in total. The van der Waals surface area contributed by atoms with Gasteiger partial charge in [0.2, 0.25) is 0 Å². The maximum atomic E-state index is 6.94. The van der Waals surface area contributed by atoms with Crippen LogP contribution in [0.5, 0.6) is 0 Å². The average Bonchev–Trinajstić information content (AvgIpc) is 3.83. The lowest BCUT2D eigenvalue weighted by atomic mass is 9.82. The third-order valence-electron chi connectivity index (χ3n) is 11.3. The third-order valence-corrected chi connectivity index (χ3v) is 11.3. The number of rotatable bonds is 4. The van der Waals surface area contributed by atoms with E-state index in [0.717, 1.165) is 77.5 Å². The Kier molecular flexibility index (Phi) is 6.01. The van der Waals surface area contributed by atoms with Gasteiger partial charge in [-0.25, -0.2) is 0 Å². The maximum absolute atomic E-state index is 6.94. The lowest BCUT2D eigenvalue weighted by Gasteiger charge is -2.27. The standard InChI is InChI=1S/C49H33NO2/c1-49(2)42-18-7-5-15-36(42)41-29-34(23-26-43(41)49)50(44-19-10-17-39-40-25-21-30-11-3-4-14-35(30)47(40)52-48(39)44)33-13-9-12-31(27-33)32-22-24-38-37-16-6-8-20-45(37)51-46(38)28-32/h3-29H,1-2H3. The zero-order valence-corrected chi connectivity index (χ0v) is 28.9. The molecular formula is C49H33NO2. The van der Waals surface area contributed by atoms with E-state index in [-0.39, 0.29) is 5.41 Å². The van der Waals surface area contributed by atoms with Gasteiger partial charge >= 0.3 is 0 Å².